The molecule has 0 radical (unpaired) electrons. The van der Waals surface area contributed by atoms with Gasteiger partial charge in [-0.15, -0.1) is 0 Å². The van der Waals surface area contributed by atoms with Crippen molar-refractivity contribution in [2.75, 3.05) is 19.6 Å². The highest BCUT2D eigenvalue weighted by molar-refractivity contribution is 6.31. The third-order valence-corrected chi connectivity index (χ3v) is 4.19. The molecule has 0 aliphatic carbocycles. The Bertz CT molecular complexity index is 640. The van der Waals surface area contributed by atoms with Crippen LogP contribution in [0.5, 0.6) is 6.01 Å². The molecule has 5 nitrogen and oxygen atoms in total. The maximum Gasteiger partial charge on any atom is 0.296 e. The van der Waals surface area contributed by atoms with E-state index in [0.29, 0.717) is 22.5 Å². The highest BCUT2D eigenvalue weighted by Crippen LogP contribution is 2.26. The highest BCUT2D eigenvalue weighted by Gasteiger charge is 2.25. The van der Waals surface area contributed by atoms with Crippen LogP contribution in [0.1, 0.15) is 20.3 Å². The molecule has 1 unspecified atom stereocenters. The number of rotatable bonds is 4. The van der Waals surface area contributed by atoms with Gasteiger partial charge in [0.05, 0.1) is 10.5 Å². The van der Waals surface area contributed by atoms with Gasteiger partial charge in [-0.3, -0.25) is 4.57 Å². The van der Waals surface area contributed by atoms with Crippen molar-refractivity contribution in [2.45, 2.75) is 26.8 Å². The quantitative estimate of drug-likeness (QED) is 0.943. The fraction of sp³-hybridized carbons (Fsp3) is 0.600. The van der Waals surface area contributed by atoms with Crippen LogP contribution < -0.4 is 0 Å². The average molecular weight is 309 g/mol. The number of aromatic hydroxyl groups is 1. The van der Waals surface area contributed by atoms with Gasteiger partial charge in [0.15, 0.2) is 5.65 Å². The van der Waals surface area contributed by atoms with Crippen molar-refractivity contribution in [1.82, 2.24) is 19.4 Å². The number of hydrogen-bond acceptors (Lipinski definition) is 4. The van der Waals surface area contributed by atoms with Crippen LogP contribution in [0.25, 0.3) is 11.2 Å². The van der Waals surface area contributed by atoms with Gasteiger partial charge in [0.2, 0.25) is 0 Å². The van der Waals surface area contributed by atoms with E-state index >= 15 is 0 Å². The summed E-state index contributed by atoms with van der Waals surface area (Å²) in [4.78, 5) is 10.8. The predicted molar refractivity (Wildman–Crippen MR) is 83.6 cm³/mol. The summed E-state index contributed by atoms with van der Waals surface area (Å²) in [6.07, 6.45) is 2.71. The Hall–Kier alpha value is -1.33. The lowest BCUT2D eigenvalue weighted by atomic mass is 10.1. The molecule has 114 valence electrons. The topological polar surface area (TPSA) is 54.2 Å². The number of pyridine rings is 1. The number of halogens is 1. The third kappa shape index (κ3) is 3.14. The predicted octanol–water partition coefficient (Wildman–Crippen LogP) is 2.77. The van der Waals surface area contributed by atoms with Gasteiger partial charge in [-0.1, -0.05) is 25.4 Å². The first-order valence-corrected chi connectivity index (χ1v) is 7.84. The highest BCUT2D eigenvalue weighted by atomic mass is 35.5. The molecular formula is C15H21ClN4O. The first-order chi connectivity index (χ1) is 10.0. The van der Waals surface area contributed by atoms with Crippen LogP contribution in [0, 0.1) is 11.8 Å². The second-order valence-corrected chi connectivity index (χ2v) is 6.76. The molecule has 0 amide bonds. The fourth-order valence-corrected chi connectivity index (χ4v) is 3.30. The van der Waals surface area contributed by atoms with Crippen molar-refractivity contribution in [1.29, 1.82) is 0 Å². The Morgan fingerprint density at radius 1 is 1.48 bits per heavy atom. The van der Waals surface area contributed by atoms with Gasteiger partial charge in [0.1, 0.15) is 0 Å². The normalized spacial score (nSPS) is 19.9. The number of likely N-dealkylation sites (tertiary alicyclic amines) is 1. The number of aromatic nitrogens is 3. The Balaban J connectivity index is 1.76. The summed E-state index contributed by atoms with van der Waals surface area (Å²) in [6, 6.07) is 1.85. The SMILES string of the molecule is CC(C)CN1CCC(Cn2c(O)nc3ncc(Cl)cc32)C1. The number of imidazole rings is 1. The molecule has 1 atom stereocenters. The van der Waals surface area contributed by atoms with Crippen molar-refractivity contribution in [3.8, 4) is 6.01 Å². The molecule has 1 aliphatic heterocycles. The third-order valence-electron chi connectivity index (χ3n) is 3.99. The zero-order chi connectivity index (χ0) is 15.0. The van der Waals surface area contributed by atoms with Crippen LogP contribution in [0.2, 0.25) is 5.02 Å². The first-order valence-electron chi connectivity index (χ1n) is 7.46. The molecule has 1 saturated heterocycles. The summed E-state index contributed by atoms with van der Waals surface area (Å²) in [5, 5.41) is 10.6. The van der Waals surface area contributed by atoms with E-state index < -0.39 is 0 Å². The number of fused-ring (bicyclic) bond motifs is 1. The van der Waals surface area contributed by atoms with E-state index in [1.807, 2.05) is 10.6 Å². The lowest BCUT2D eigenvalue weighted by Crippen LogP contribution is -2.26. The Morgan fingerprint density at radius 3 is 3.05 bits per heavy atom. The smallest absolute Gasteiger partial charge is 0.296 e. The average Bonchev–Trinajstić information content (AvgIpc) is 2.96. The molecule has 1 aliphatic rings. The van der Waals surface area contributed by atoms with Crippen molar-refractivity contribution < 1.29 is 5.11 Å². The maximum atomic E-state index is 10.1. The van der Waals surface area contributed by atoms with Gasteiger partial charge < -0.3 is 10.0 Å². The van der Waals surface area contributed by atoms with Crippen LogP contribution in [0.4, 0.5) is 0 Å². The minimum atomic E-state index is 0.0297. The summed E-state index contributed by atoms with van der Waals surface area (Å²) >= 11 is 6.00. The Kier molecular flexibility index (Phi) is 4.04. The van der Waals surface area contributed by atoms with Gasteiger partial charge in [-0.05, 0) is 30.9 Å². The van der Waals surface area contributed by atoms with Crippen LogP contribution in [-0.2, 0) is 6.54 Å². The lowest BCUT2D eigenvalue weighted by molar-refractivity contribution is 0.280. The largest absolute Gasteiger partial charge is 0.480 e. The fourth-order valence-electron chi connectivity index (χ4n) is 3.15. The maximum absolute atomic E-state index is 10.1. The van der Waals surface area contributed by atoms with E-state index in [1.165, 1.54) is 0 Å². The first kappa shape index (κ1) is 14.6. The van der Waals surface area contributed by atoms with Crippen molar-refractivity contribution in [2.24, 2.45) is 11.8 Å². The van der Waals surface area contributed by atoms with E-state index in [1.54, 1.807) is 6.20 Å². The number of nitrogens with zero attached hydrogens (tertiary/aromatic N) is 4. The van der Waals surface area contributed by atoms with E-state index in [0.717, 1.165) is 38.1 Å². The molecule has 2 aromatic rings. The molecule has 0 aromatic carbocycles. The monoisotopic (exact) mass is 308 g/mol. The summed E-state index contributed by atoms with van der Waals surface area (Å²) in [6.45, 7) is 8.60. The van der Waals surface area contributed by atoms with E-state index in [-0.39, 0.29) is 6.01 Å². The van der Waals surface area contributed by atoms with Gasteiger partial charge in [0.25, 0.3) is 6.01 Å². The molecule has 3 heterocycles. The molecule has 2 aromatic heterocycles. The number of hydrogen-bond donors (Lipinski definition) is 1. The standard InChI is InChI=1S/C15H21ClN4O/c1-10(2)7-19-4-3-11(8-19)9-20-13-5-12(16)6-17-14(13)18-15(20)21/h5-6,10-11H,3-4,7-9H2,1-2H3,(H,17,18,21). The van der Waals surface area contributed by atoms with Gasteiger partial charge in [-0.25, -0.2) is 4.98 Å². The molecular weight excluding hydrogens is 288 g/mol. The lowest BCUT2D eigenvalue weighted by Gasteiger charge is -2.18. The summed E-state index contributed by atoms with van der Waals surface area (Å²) in [7, 11) is 0. The molecule has 6 heteroatoms. The second kappa shape index (κ2) is 5.81. The Labute approximate surface area is 129 Å². The van der Waals surface area contributed by atoms with Gasteiger partial charge >= 0.3 is 0 Å². The van der Waals surface area contributed by atoms with Crippen molar-refractivity contribution >= 4 is 22.8 Å². The van der Waals surface area contributed by atoms with Gasteiger partial charge in [0, 0.05) is 25.8 Å². The molecule has 0 saturated carbocycles. The molecule has 0 bridgehead atoms. The van der Waals surface area contributed by atoms with Crippen molar-refractivity contribution in [3.63, 3.8) is 0 Å². The molecule has 1 fully saturated rings. The molecule has 0 spiro atoms. The second-order valence-electron chi connectivity index (χ2n) is 6.33. The van der Waals surface area contributed by atoms with Crippen LogP contribution in [-0.4, -0.2) is 44.2 Å². The van der Waals surface area contributed by atoms with E-state index in [4.69, 9.17) is 11.6 Å². The van der Waals surface area contributed by atoms with E-state index in [9.17, 15) is 5.11 Å². The minimum absolute atomic E-state index is 0.0297. The summed E-state index contributed by atoms with van der Waals surface area (Å²) in [5.74, 6) is 1.22. The summed E-state index contributed by atoms with van der Waals surface area (Å²) < 4.78 is 1.83. The molecule has 3 rings (SSSR count). The van der Waals surface area contributed by atoms with Crippen LogP contribution >= 0.6 is 11.6 Å². The van der Waals surface area contributed by atoms with Crippen LogP contribution in [0.3, 0.4) is 0 Å². The van der Waals surface area contributed by atoms with Crippen LogP contribution in [0.15, 0.2) is 12.3 Å². The summed E-state index contributed by atoms with van der Waals surface area (Å²) in [5.41, 5.74) is 1.36. The van der Waals surface area contributed by atoms with Crippen molar-refractivity contribution in [3.05, 3.63) is 17.3 Å². The van der Waals surface area contributed by atoms with Gasteiger partial charge in [-0.2, -0.15) is 4.98 Å². The molecule has 21 heavy (non-hydrogen) atoms. The Morgan fingerprint density at radius 2 is 2.29 bits per heavy atom. The zero-order valence-corrected chi connectivity index (χ0v) is 13.2. The van der Waals surface area contributed by atoms with E-state index in [2.05, 4.69) is 28.7 Å². The molecule has 1 N–H and O–H groups in total. The zero-order valence-electron chi connectivity index (χ0n) is 12.5. The minimum Gasteiger partial charge on any atom is -0.480 e.